The zero-order valence-corrected chi connectivity index (χ0v) is 12.7. The zero-order chi connectivity index (χ0) is 14.2. The highest BCUT2D eigenvalue weighted by Crippen LogP contribution is 2.38. The van der Waals surface area contributed by atoms with Crippen LogP contribution >= 0.6 is 11.3 Å². The maximum absolute atomic E-state index is 5.74. The first-order valence-electron chi connectivity index (χ1n) is 7.33. The number of aromatic nitrogens is 2. The van der Waals surface area contributed by atoms with E-state index in [1.54, 1.807) is 17.6 Å². The van der Waals surface area contributed by atoms with Gasteiger partial charge in [-0.15, -0.1) is 21.5 Å². The van der Waals surface area contributed by atoms with E-state index in [1.807, 2.05) is 12.1 Å². The third-order valence-electron chi connectivity index (χ3n) is 4.13. The Bertz CT molecular complexity index is 742. The van der Waals surface area contributed by atoms with E-state index in [0.29, 0.717) is 17.5 Å². The lowest BCUT2D eigenvalue weighted by atomic mass is 9.87. The molecule has 0 aliphatic heterocycles. The SMILES string of the molecule is CC[C@H]1CCc2sc(-c3nnc(-c4ccco4)o3)cc2C1. The first kappa shape index (κ1) is 12.8. The van der Waals surface area contributed by atoms with Crippen LogP contribution in [0.25, 0.3) is 22.4 Å². The molecule has 1 aliphatic carbocycles. The van der Waals surface area contributed by atoms with Crippen LogP contribution in [0.1, 0.15) is 30.2 Å². The number of aryl methyl sites for hydroxylation is 1. The molecule has 0 amide bonds. The fourth-order valence-corrected chi connectivity index (χ4v) is 4.01. The summed E-state index contributed by atoms with van der Waals surface area (Å²) in [4.78, 5) is 2.55. The molecule has 0 saturated carbocycles. The summed E-state index contributed by atoms with van der Waals surface area (Å²) in [6.45, 7) is 2.27. The van der Waals surface area contributed by atoms with Gasteiger partial charge in [-0.1, -0.05) is 13.3 Å². The molecule has 0 radical (unpaired) electrons. The van der Waals surface area contributed by atoms with E-state index in [9.17, 15) is 0 Å². The van der Waals surface area contributed by atoms with Crippen LogP contribution in [0.5, 0.6) is 0 Å². The van der Waals surface area contributed by atoms with Crippen LogP contribution in [0.15, 0.2) is 33.3 Å². The predicted molar refractivity (Wildman–Crippen MR) is 81.1 cm³/mol. The van der Waals surface area contributed by atoms with Gasteiger partial charge in [0.15, 0.2) is 5.76 Å². The molecule has 1 atom stereocenters. The van der Waals surface area contributed by atoms with Gasteiger partial charge in [0.25, 0.3) is 11.8 Å². The molecule has 0 aromatic carbocycles. The van der Waals surface area contributed by atoms with Gasteiger partial charge in [-0.3, -0.25) is 0 Å². The van der Waals surface area contributed by atoms with Gasteiger partial charge in [0.05, 0.1) is 11.1 Å². The Hall–Kier alpha value is -1.88. The number of hydrogen-bond acceptors (Lipinski definition) is 5. The Labute approximate surface area is 126 Å². The monoisotopic (exact) mass is 300 g/mol. The molecule has 4 rings (SSSR count). The van der Waals surface area contributed by atoms with E-state index in [4.69, 9.17) is 8.83 Å². The molecule has 0 spiro atoms. The maximum atomic E-state index is 5.74. The zero-order valence-electron chi connectivity index (χ0n) is 11.8. The number of furan rings is 1. The highest BCUT2D eigenvalue weighted by molar-refractivity contribution is 7.15. The number of rotatable bonds is 3. The molecule has 0 saturated heterocycles. The quantitative estimate of drug-likeness (QED) is 0.711. The topological polar surface area (TPSA) is 52.1 Å². The highest BCUT2D eigenvalue weighted by atomic mass is 32.1. The maximum Gasteiger partial charge on any atom is 0.283 e. The second-order valence-electron chi connectivity index (χ2n) is 5.47. The smallest absolute Gasteiger partial charge is 0.283 e. The van der Waals surface area contributed by atoms with Crippen LogP contribution in [0, 0.1) is 5.92 Å². The van der Waals surface area contributed by atoms with Gasteiger partial charge >= 0.3 is 0 Å². The van der Waals surface area contributed by atoms with Crippen molar-refractivity contribution >= 4 is 11.3 Å². The minimum Gasteiger partial charge on any atom is -0.459 e. The number of nitrogens with zero attached hydrogens (tertiary/aromatic N) is 2. The fourth-order valence-electron chi connectivity index (χ4n) is 2.88. The Balaban J connectivity index is 1.64. The van der Waals surface area contributed by atoms with Crippen molar-refractivity contribution < 1.29 is 8.83 Å². The average Bonchev–Trinajstić information content (AvgIpc) is 3.23. The van der Waals surface area contributed by atoms with Crippen LogP contribution in [-0.4, -0.2) is 10.2 Å². The molecule has 3 aromatic heterocycles. The minimum absolute atomic E-state index is 0.438. The van der Waals surface area contributed by atoms with Crippen molar-refractivity contribution in [1.82, 2.24) is 10.2 Å². The van der Waals surface area contributed by atoms with Crippen LogP contribution in [-0.2, 0) is 12.8 Å². The third-order valence-corrected chi connectivity index (χ3v) is 5.36. The number of thiophene rings is 1. The van der Waals surface area contributed by atoms with E-state index in [-0.39, 0.29) is 0 Å². The van der Waals surface area contributed by atoms with Gasteiger partial charge in [-0.25, -0.2) is 0 Å². The summed E-state index contributed by atoms with van der Waals surface area (Å²) < 4.78 is 11.0. The fraction of sp³-hybridized carbons (Fsp3) is 0.375. The number of hydrogen-bond donors (Lipinski definition) is 0. The van der Waals surface area contributed by atoms with Crippen molar-refractivity contribution in [1.29, 1.82) is 0 Å². The van der Waals surface area contributed by atoms with Crippen molar-refractivity contribution in [3.8, 4) is 22.4 Å². The molecule has 0 fully saturated rings. The van der Waals surface area contributed by atoms with Crippen LogP contribution in [0.2, 0.25) is 0 Å². The molecular weight excluding hydrogens is 284 g/mol. The van der Waals surface area contributed by atoms with E-state index in [0.717, 1.165) is 10.8 Å². The first-order chi connectivity index (χ1) is 10.3. The van der Waals surface area contributed by atoms with E-state index < -0.39 is 0 Å². The molecule has 1 aliphatic rings. The van der Waals surface area contributed by atoms with E-state index in [1.165, 1.54) is 36.1 Å². The molecular formula is C16H16N2O2S. The summed E-state index contributed by atoms with van der Waals surface area (Å²) in [6.07, 6.45) is 6.52. The summed E-state index contributed by atoms with van der Waals surface area (Å²) in [5.41, 5.74) is 1.46. The lowest BCUT2D eigenvalue weighted by Gasteiger charge is -2.19. The highest BCUT2D eigenvalue weighted by Gasteiger charge is 2.22. The lowest BCUT2D eigenvalue weighted by molar-refractivity contribution is 0.449. The van der Waals surface area contributed by atoms with Crippen molar-refractivity contribution in [2.45, 2.75) is 32.6 Å². The first-order valence-corrected chi connectivity index (χ1v) is 8.14. The molecule has 21 heavy (non-hydrogen) atoms. The largest absolute Gasteiger partial charge is 0.459 e. The lowest BCUT2D eigenvalue weighted by Crippen LogP contribution is -2.10. The Kier molecular flexibility index (Phi) is 3.15. The van der Waals surface area contributed by atoms with Gasteiger partial charge in [0.2, 0.25) is 0 Å². The normalized spacial score (nSPS) is 17.9. The molecule has 0 bridgehead atoms. The second-order valence-corrected chi connectivity index (χ2v) is 6.60. The van der Waals surface area contributed by atoms with Gasteiger partial charge in [0.1, 0.15) is 0 Å². The van der Waals surface area contributed by atoms with E-state index in [2.05, 4.69) is 23.2 Å². The Morgan fingerprint density at radius 3 is 3.05 bits per heavy atom. The minimum atomic E-state index is 0.438. The van der Waals surface area contributed by atoms with E-state index >= 15 is 0 Å². The van der Waals surface area contributed by atoms with Crippen LogP contribution in [0.4, 0.5) is 0 Å². The van der Waals surface area contributed by atoms with Gasteiger partial charge in [0, 0.05) is 4.88 Å². The van der Waals surface area contributed by atoms with Gasteiger partial charge in [-0.2, -0.15) is 0 Å². The van der Waals surface area contributed by atoms with Gasteiger partial charge < -0.3 is 8.83 Å². The van der Waals surface area contributed by atoms with Crippen LogP contribution < -0.4 is 0 Å². The molecule has 3 heterocycles. The third kappa shape index (κ3) is 2.31. The molecule has 5 heteroatoms. The Morgan fingerprint density at radius 2 is 2.24 bits per heavy atom. The molecule has 0 unspecified atom stereocenters. The molecule has 3 aromatic rings. The van der Waals surface area contributed by atoms with Gasteiger partial charge in [-0.05, 0) is 48.9 Å². The Morgan fingerprint density at radius 1 is 1.33 bits per heavy atom. The summed E-state index contributed by atoms with van der Waals surface area (Å²) >= 11 is 1.78. The molecule has 0 N–H and O–H groups in total. The van der Waals surface area contributed by atoms with Crippen LogP contribution in [0.3, 0.4) is 0 Å². The molecule has 108 valence electrons. The summed E-state index contributed by atoms with van der Waals surface area (Å²) in [5.74, 6) is 2.46. The molecule has 4 nitrogen and oxygen atoms in total. The predicted octanol–water partition coefficient (Wildman–Crippen LogP) is 4.57. The average molecular weight is 300 g/mol. The summed E-state index contributed by atoms with van der Waals surface area (Å²) in [7, 11) is 0. The van der Waals surface area contributed by atoms with Crippen molar-refractivity contribution in [2.75, 3.05) is 0 Å². The standard InChI is InChI=1S/C16H16N2O2S/c1-2-10-5-6-13-11(8-10)9-14(21-13)16-18-17-15(20-16)12-4-3-7-19-12/h3-4,7,9-10H,2,5-6,8H2,1H3/t10-/m0/s1. The van der Waals surface area contributed by atoms with Crippen molar-refractivity contribution in [2.24, 2.45) is 5.92 Å². The summed E-state index contributed by atoms with van der Waals surface area (Å²) in [6, 6.07) is 5.86. The summed E-state index contributed by atoms with van der Waals surface area (Å²) in [5, 5.41) is 8.23. The second kappa shape index (κ2) is 5.15. The van der Waals surface area contributed by atoms with Crippen molar-refractivity contribution in [3.63, 3.8) is 0 Å². The number of fused-ring (bicyclic) bond motifs is 1. The van der Waals surface area contributed by atoms with Crippen molar-refractivity contribution in [3.05, 3.63) is 34.9 Å².